The van der Waals surface area contributed by atoms with Crippen molar-refractivity contribution in [3.63, 3.8) is 0 Å². The van der Waals surface area contributed by atoms with Gasteiger partial charge in [-0.15, -0.1) is 0 Å². The largest absolute Gasteiger partial charge is 0.469 e. The molecule has 0 aliphatic carbocycles. The van der Waals surface area contributed by atoms with E-state index in [9.17, 15) is 13.2 Å². The molecule has 3 aromatic rings. The SMILES string of the molecule is COC(=O)CCc1cc2cc(Cl)c(Cl)cc2n1S(=O)(=O)c1ccccc1. The van der Waals surface area contributed by atoms with Crippen LogP contribution in [0.4, 0.5) is 0 Å². The highest BCUT2D eigenvalue weighted by molar-refractivity contribution is 7.90. The van der Waals surface area contributed by atoms with Gasteiger partial charge in [0.05, 0.1) is 34.0 Å². The Hall–Kier alpha value is -2.02. The van der Waals surface area contributed by atoms with E-state index in [2.05, 4.69) is 4.74 Å². The Kier molecular flexibility index (Phi) is 5.27. The molecule has 0 aliphatic heterocycles. The lowest BCUT2D eigenvalue weighted by Gasteiger charge is -2.12. The second kappa shape index (κ2) is 7.31. The van der Waals surface area contributed by atoms with Crippen LogP contribution in [0.1, 0.15) is 12.1 Å². The lowest BCUT2D eigenvalue weighted by Crippen LogP contribution is -2.16. The molecule has 0 amide bonds. The Bertz CT molecular complexity index is 1080. The van der Waals surface area contributed by atoms with E-state index in [1.807, 2.05) is 0 Å². The molecular formula is C18H15Cl2NO4S. The molecule has 0 unspecified atom stereocenters. The van der Waals surface area contributed by atoms with Crippen LogP contribution in [-0.4, -0.2) is 25.5 Å². The van der Waals surface area contributed by atoms with Gasteiger partial charge in [0.25, 0.3) is 10.0 Å². The predicted octanol–water partition coefficient (Wildman–Crippen LogP) is 4.29. The highest BCUT2D eigenvalue weighted by atomic mass is 35.5. The average molecular weight is 412 g/mol. The fourth-order valence-electron chi connectivity index (χ4n) is 2.72. The molecule has 0 bridgehead atoms. The van der Waals surface area contributed by atoms with Crippen molar-refractivity contribution in [2.45, 2.75) is 17.7 Å². The number of methoxy groups -OCH3 is 1. The van der Waals surface area contributed by atoms with E-state index in [1.54, 1.807) is 30.3 Å². The van der Waals surface area contributed by atoms with E-state index in [0.717, 1.165) is 0 Å². The zero-order valence-corrected chi connectivity index (χ0v) is 16.1. The summed E-state index contributed by atoms with van der Waals surface area (Å²) < 4.78 is 32.3. The molecule has 0 radical (unpaired) electrons. The van der Waals surface area contributed by atoms with Crippen molar-refractivity contribution in [1.82, 2.24) is 3.97 Å². The number of aryl methyl sites for hydroxylation is 1. The van der Waals surface area contributed by atoms with Crippen LogP contribution in [0.5, 0.6) is 0 Å². The molecule has 0 saturated carbocycles. The van der Waals surface area contributed by atoms with Gasteiger partial charge in [-0.25, -0.2) is 12.4 Å². The number of carbonyl (C=O) groups is 1. The number of aromatic nitrogens is 1. The molecule has 0 fully saturated rings. The summed E-state index contributed by atoms with van der Waals surface area (Å²) in [6.45, 7) is 0. The summed E-state index contributed by atoms with van der Waals surface area (Å²) in [5, 5.41) is 1.20. The Labute approximate surface area is 161 Å². The van der Waals surface area contributed by atoms with Crippen LogP contribution in [0.3, 0.4) is 0 Å². The van der Waals surface area contributed by atoms with Gasteiger partial charge in [0.1, 0.15) is 0 Å². The molecule has 0 saturated heterocycles. The second-order valence-electron chi connectivity index (χ2n) is 5.62. The maximum atomic E-state index is 13.2. The average Bonchev–Trinajstić information content (AvgIpc) is 2.98. The third kappa shape index (κ3) is 3.45. The number of rotatable bonds is 5. The molecular weight excluding hydrogens is 397 g/mol. The molecule has 1 aromatic heterocycles. The lowest BCUT2D eigenvalue weighted by molar-refractivity contribution is -0.140. The van der Waals surface area contributed by atoms with Gasteiger partial charge in [-0.3, -0.25) is 4.79 Å². The van der Waals surface area contributed by atoms with E-state index >= 15 is 0 Å². The number of fused-ring (bicyclic) bond motifs is 1. The van der Waals surface area contributed by atoms with Gasteiger partial charge in [-0.1, -0.05) is 41.4 Å². The van der Waals surface area contributed by atoms with Gasteiger partial charge < -0.3 is 4.74 Å². The van der Waals surface area contributed by atoms with Crippen LogP contribution >= 0.6 is 23.2 Å². The molecule has 0 spiro atoms. The molecule has 0 atom stereocenters. The standard InChI is InChI=1S/C18H15Cl2NO4S/c1-25-18(22)8-7-13-9-12-10-15(19)16(20)11-17(12)21(13)26(23,24)14-5-3-2-4-6-14/h2-6,9-11H,7-8H2,1H3. The van der Waals surface area contributed by atoms with E-state index < -0.39 is 16.0 Å². The maximum absolute atomic E-state index is 13.2. The van der Waals surface area contributed by atoms with E-state index in [1.165, 1.54) is 29.3 Å². The van der Waals surface area contributed by atoms with E-state index in [0.29, 0.717) is 21.6 Å². The number of carbonyl (C=O) groups excluding carboxylic acids is 1. The summed E-state index contributed by atoms with van der Waals surface area (Å²) in [6.07, 6.45) is 0.251. The summed E-state index contributed by atoms with van der Waals surface area (Å²) in [5.41, 5.74) is 0.857. The minimum atomic E-state index is -3.87. The van der Waals surface area contributed by atoms with Crippen molar-refractivity contribution < 1.29 is 17.9 Å². The van der Waals surface area contributed by atoms with Crippen LogP contribution in [0.2, 0.25) is 10.0 Å². The molecule has 0 aliphatic rings. The molecule has 5 nitrogen and oxygen atoms in total. The molecule has 0 N–H and O–H groups in total. The van der Waals surface area contributed by atoms with Gasteiger partial charge in [0.2, 0.25) is 0 Å². The van der Waals surface area contributed by atoms with Crippen molar-refractivity contribution in [3.8, 4) is 0 Å². The summed E-state index contributed by atoms with van der Waals surface area (Å²) in [4.78, 5) is 11.7. The number of hydrogen-bond donors (Lipinski definition) is 0. The van der Waals surface area contributed by atoms with Gasteiger partial charge >= 0.3 is 5.97 Å². The Balaban J connectivity index is 2.23. The number of halogens is 2. The molecule has 2 aromatic carbocycles. The van der Waals surface area contributed by atoms with Crippen LogP contribution < -0.4 is 0 Å². The van der Waals surface area contributed by atoms with Crippen LogP contribution in [0.15, 0.2) is 53.4 Å². The van der Waals surface area contributed by atoms with Gasteiger partial charge in [-0.2, -0.15) is 0 Å². The third-order valence-corrected chi connectivity index (χ3v) is 6.47. The molecule has 1 heterocycles. The zero-order valence-electron chi connectivity index (χ0n) is 13.8. The predicted molar refractivity (Wildman–Crippen MR) is 101 cm³/mol. The van der Waals surface area contributed by atoms with Crippen molar-refractivity contribution >= 4 is 50.1 Å². The quantitative estimate of drug-likeness (QED) is 0.587. The highest BCUT2D eigenvalue weighted by Gasteiger charge is 2.24. The number of ether oxygens (including phenoxy) is 1. The van der Waals surface area contributed by atoms with Crippen molar-refractivity contribution in [1.29, 1.82) is 0 Å². The third-order valence-electron chi connectivity index (χ3n) is 3.97. The number of benzene rings is 2. The number of esters is 1. The molecule has 8 heteroatoms. The fraction of sp³-hybridized carbons (Fsp3) is 0.167. The number of hydrogen-bond acceptors (Lipinski definition) is 4. The maximum Gasteiger partial charge on any atom is 0.305 e. The first-order chi connectivity index (χ1) is 12.3. The molecule has 3 rings (SSSR count). The van der Waals surface area contributed by atoms with Crippen molar-refractivity contribution in [2.24, 2.45) is 0 Å². The monoisotopic (exact) mass is 411 g/mol. The van der Waals surface area contributed by atoms with Gasteiger partial charge in [-0.05, 0) is 36.8 Å². The topological polar surface area (TPSA) is 65.4 Å². The first kappa shape index (κ1) is 18.8. The van der Waals surface area contributed by atoms with Gasteiger partial charge in [0, 0.05) is 11.1 Å². The smallest absolute Gasteiger partial charge is 0.305 e. The second-order valence-corrected chi connectivity index (χ2v) is 8.22. The summed E-state index contributed by atoms with van der Waals surface area (Å²) in [6, 6.07) is 12.9. The Morgan fingerprint density at radius 1 is 1.08 bits per heavy atom. The minimum absolute atomic E-state index is 0.0542. The Morgan fingerprint density at radius 2 is 1.73 bits per heavy atom. The van der Waals surface area contributed by atoms with Crippen LogP contribution in [-0.2, 0) is 26.0 Å². The summed E-state index contributed by atoms with van der Waals surface area (Å²) in [7, 11) is -2.58. The summed E-state index contributed by atoms with van der Waals surface area (Å²) in [5.74, 6) is -0.421. The minimum Gasteiger partial charge on any atom is -0.469 e. The molecule has 136 valence electrons. The van der Waals surface area contributed by atoms with Crippen molar-refractivity contribution in [2.75, 3.05) is 7.11 Å². The van der Waals surface area contributed by atoms with Crippen LogP contribution in [0, 0.1) is 0 Å². The van der Waals surface area contributed by atoms with Crippen molar-refractivity contribution in [3.05, 3.63) is 64.3 Å². The Morgan fingerprint density at radius 3 is 2.38 bits per heavy atom. The summed E-state index contributed by atoms with van der Waals surface area (Å²) >= 11 is 12.2. The fourth-order valence-corrected chi connectivity index (χ4v) is 4.64. The van der Waals surface area contributed by atoms with Gasteiger partial charge in [0.15, 0.2) is 0 Å². The van der Waals surface area contributed by atoms with Crippen LogP contribution in [0.25, 0.3) is 10.9 Å². The van der Waals surface area contributed by atoms with E-state index in [-0.39, 0.29) is 22.8 Å². The molecule has 26 heavy (non-hydrogen) atoms. The lowest BCUT2D eigenvalue weighted by atomic mass is 10.2. The highest BCUT2D eigenvalue weighted by Crippen LogP contribution is 2.33. The zero-order chi connectivity index (χ0) is 18.9. The first-order valence-electron chi connectivity index (χ1n) is 7.71. The first-order valence-corrected chi connectivity index (χ1v) is 9.91. The number of nitrogens with zero attached hydrogens (tertiary/aromatic N) is 1. The normalized spacial score (nSPS) is 11.7. The van der Waals surface area contributed by atoms with E-state index in [4.69, 9.17) is 23.2 Å².